The molecule has 0 radical (unpaired) electrons. The molecule has 140 valence electrons. The van der Waals surface area contributed by atoms with E-state index in [-0.39, 0.29) is 5.91 Å². The van der Waals surface area contributed by atoms with Gasteiger partial charge in [-0.3, -0.25) is 9.20 Å². The fourth-order valence-corrected chi connectivity index (χ4v) is 3.44. The molecule has 0 aliphatic carbocycles. The third kappa shape index (κ3) is 3.22. The van der Waals surface area contributed by atoms with Crippen LogP contribution in [-0.2, 0) is 0 Å². The summed E-state index contributed by atoms with van der Waals surface area (Å²) in [6, 6.07) is 22.3. The molecule has 0 fully saturated rings. The third-order valence-electron chi connectivity index (χ3n) is 4.75. The minimum atomic E-state index is -0.186. The standard InChI is InChI=1S/C23H15ClN4O/c24-17-9-5-16(6-10-17)23(29)26-18-11-7-15(8-12-18)21-22-25-13-14-28(22)20-4-2-1-3-19(20)27-21/h1-14H,(H,26,29). The van der Waals surface area contributed by atoms with Crippen molar-refractivity contribution in [3.05, 3.63) is 95.8 Å². The number of rotatable bonds is 3. The number of aromatic nitrogens is 3. The van der Waals surface area contributed by atoms with Crippen LogP contribution in [0, 0.1) is 0 Å². The quantitative estimate of drug-likeness (QED) is 0.439. The van der Waals surface area contributed by atoms with Crippen molar-refractivity contribution >= 4 is 39.9 Å². The van der Waals surface area contributed by atoms with Crippen LogP contribution in [0.5, 0.6) is 0 Å². The Bertz CT molecular complexity index is 1340. The van der Waals surface area contributed by atoms with Crippen molar-refractivity contribution in [3.63, 3.8) is 0 Å². The summed E-state index contributed by atoms with van der Waals surface area (Å²) in [5, 5.41) is 3.49. The van der Waals surface area contributed by atoms with E-state index in [9.17, 15) is 4.79 Å². The molecule has 29 heavy (non-hydrogen) atoms. The molecule has 1 amide bonds. The number of benzene rings is 3. The Morgan fingerprint density at radius 1 is 0.931 bits per heavy atom. The number of fused-ring (bicyclic) bond motifs is 3. The van der Waals surface area contributed by atoms with E-state index in [1.165, 1.54) is 0 Å². The van der Waals surface area contributed by atoms with Gasteiger partial charge in [0.1, 0.15) is 5.69 Å². The lowest BCUT2D eigenvalue weighted by atomic mass is 10.1. The summed E-state index contributed by atoms with van der Waals surface area (Å²) in [7, 11) is 0. The van der Waals surface area contributed by atoms with E-state index in [1.54, 1.807) is 30.5 Å². The summed E-state index contributed by atoms with van der Waals surface area (Å²) in [4.78, 5) is 21.7. The van der Waals surface area contributed by atoms with Crippen molar-refractivity contribution in [1.82, 2.24) is 14.4 Å². The second-order valence-electron chi connectivity index (χ2n) is 6.61. The van der Waals surface area contributed by atoms with Gasteiger partial charge in [0.25, 0.3) is 5.91 Å². The van der Waals surface area contributed by atoms with Crippen LogP contribution in [0.4, 0.5) is 5.69 Å². The van der Waals surface area contributed by atoms with E-state index in [0.717, 1.165) is 27.9 Å². The number of anilines is 1. The van der Waals surface area contributed by atoms with E-state index in [2.05, 4.69) is 10.3 Å². The van der Waals surface area contributed by atoms with Crippen LogP contribution in [0.3, 0.4) is 0 Å². The van der Waals surface area contributed by atoms with Crippen LogP contribution in [0.2, 0.25) is 5.02 Å². The zero-order valence-corrected chi connectivity index (χ0v) is 16.0. The molecule has 0 saturated heterocycles. The maximum atomic E-state index is 12.4. The maximum Gasteiger partial charge on any atom is 0.255 e. The largest absolute Gasteiger partial charge is 0.322 e. The number of halogens is 1. The van der Waals surface area contributed by atoms with Crippen LogP contribution >= 0.6 is 11.6 Å². The average Bonchev–Trinajstić information content (AvgIpc) is 3.24. The van der Waals surface area contributed by atoms with Crippen molar-refractivity contribution in [2.45, 2.75) is 0 Å². The first-order chi connectivity index (χ1) is 14.2. The van der Waals surface area contributed by atoms with Crippen LogP contribution in [0.15, 0.2) is 85.2 Å². The van der Waals surface area contributed by atoms with Gasteiger partial charge in [0.2, 0.25) is 0 Å². The molecular formula is C23H15ClN4O. The van der Waals surface area contributed by atoms with Crippen molar-refractivity contribution in [2.75, 3.05) is 5.32 Å². The van der Waals surface area contributed by atoms with Crippen LogP contribution in [0.1, 0.15) is 10.4 Å². The maximum absolute atomic E-state index is 12.4. The van der Waals surface area contributed by atoms with Crippen molar-refractivity contribution < 1.29 is 4.79 Å². The summed E-state index contributed by atoms with van der Waals surface area (Å²) in [5.41, 5.74) is 5.67. The highest BCUT2D eigenvalue weighted by Gasteiger charge is 2.12. The van der Waals surface area contributed by atoms with E-state index in [0.29, 0.717) is 16.3 Å². The van der Waals surface area contributed by atoms with Crippen molar-refractivity contribution in [3.8, 4) is 11.3 Å². The van der Waals surface area contributed by atoms with Gasteiger partial charge < -0.3 is 5.32 Å². The van der Waals surface area contributed by atoms with E-state index in [1.807, 2.05) is 59.1 Å². The SMILES string of the molecule is O=C(Nc1ccc(-c2nc3ccccc3n3ccnc23)cc1)c1ccc(Cl)cc1. The number of para-hydroxylation sites is 2. The number of nitrogens with one attached hydrogen (secondary N) is 1. The molecule has 5 aromatic rings. The molecule has 5 rings (SSSR count). The van der Waals surface area contributed by atoms with Gasteiger partial charge in [-0.05, 0) is 48.5 Å². The van der Waals surface area contributed by atoms with E-state index in [4.69, 9.17) is 16.6 Å². The van der Waals surface area contributed by atoms with Gasteiger partial charge in [0, 0.05) is 34.2 Å². The molecule has 2 aromatic heterocycles. The van der Waals surface area contributed by atoms with Gasteiger partial charge >= 0.3 is 0 Å². The fourth-order valence-electron chi connectivity index (χ4n) is 3.32. The van der Waals surface area contributed by atoms with E-state index >= 15 is 0 Å². The summed E-state index contributed by atoms with van der Waals surface area (Å²) in [5.74, 6) is -0.186. The Kier molecular flexibility index (Phi) is 4.22. The third-order valence-corrected chi connectivity index (χ3v) is 5.00. The predicted molar refractivity (Wildman–Crippen MR) is 115 cm³/mol. The summed E-state index contributed by atoms with van der Waals surface area (Å²) >= 11 is 5.88. The molecule has 3 aromatic carbocycles. The first kappa shape index (κ1) is 17.4. The molecule has 0 atom stereocenters. The number of nitrogens with zero attached hydrogens (tertiary/aromatic N) is 3. The highest BCUT2D eigenvalue weighted by molar-refractivity contribution is 6.30. The minimum absolute atomic E-state index is 0.186. The molecule has 0 aliphatic rings. The number of amides is 1. The molecule has 0 bridgehead atoms. The topological polar surface area (TPSA) is 59.3 Å². The molecule has 0 aliphatic heterocycles. The lowest BCUT2D eigenvalue weighted by Crippen LogP contribution is -2.11. The predicted octanol–water partition coefficient (Wildman–Crippen LogP) is 5.46. The average molecular weight is 399 g/mol. The highest BCUT2D eigenvalue weighted by atomic mass is 35.5. The van der Waals surface area contributed by atoms with Crippen LogP contribution in [-0.4, -0.2) is 20.3 Å². The van der Waals surface area contributed by atoms with Gasteiger partial charge in [-0.2, -0.15) is 0 Å². The van der Waals surface area contributed by atoms with Crippen molar-refractivity contribution in [2.24, 2.45) is 0 Å². The Hall–Kier alpha value is -3.70. The second kappa shape index (κ2) is 7.04. The monoisotopic (exact) mass is 398 g/mol. The zero-order valence-electron chi connectivity index (χ0n) is 15.2. The van der Waals surface area contributed by atoms with Gasteiger partial charge in [-0.15, -0.1) is 0 Å². The Morgan fingerprint density at radius 3 is 2.48 bits per heavy atom. The van der Waals surface area contributed by atoms with Gasteiger partial charge in [-0.25, -0.2) is 9.97 Å². The molecule has 0 spiro atoms. The molecule has 0 saturated carbocycles. The lowest BCUT2D eigenvalue weighted by Gasteiger charge is -2.09. The molecular weight excluding hydrogens is 384 g/mol. The van der Waals surface area contributed by atoms with Gasteiger partial charge in [-0.1, -0.05) is 35.9 Å². The van der Waals surface area contributed by atoms with Crippen LogP contribution in [0.25, 0.3) is 27.9 Å². The van der Waals surface area contributed by atoms with Gasteiger partial charge in [0.05, 0.1) is 11.0 Å². The normalized spacial score (nSPS) is 11.1. The first-order valence-electron chi connectivity index (χ1n) is 9.08. The molecule has 1 N–H and O–H groups in total. The lowest BCUT2D eigenvalue weighted by molar-refractivity contribution is 0.102. The van der Waals surface area contributed by atoms with Crippen LogP contribution < -0.4 is 5.32 Å². The Morgan fingerprint density at radius 2 is 1.69 bits per heavy atom. The first-order valence-corrected chi connectivity index (χ1v) is 9.46. The zero-order chi connectivity index (χ0) is 19.8. The Labute approximate surface area is 171 Å². The molecule has 6 heteroatoms. The smallest absolute Gasteiger partial charge is 0.255 e. The Balaban J connectivity index is 1.48. The highest BCUT2D eigenvalue weighted by Crippen LogP contribution is 2.27. The number of hydrogen-bond acceptors (Lipinski definition) is 3. The summed E-state index contributed by atoms with van der Waals surface area (Å²) in [6.07, 6.45) is 3.71. The van der Waals surface area contributed by atoms with Gasteiger partial charge in [0.15, 0.2) is 5.65 Å². The molecule has 5 nitrogen and oxygen atoms in total. The molecule has 2 heterocycles. The summed E-state index contributed by atoms with van der Waals surface area (Å²) < 4.78 is 2.04. The van der Waals surface area contributed by atoms with Crippen molar-refractivity contribution in [1.29, 1.82) is 0 Å². The second-order valence-corrected chi connectivity index (χ2v) is 7.04. The molecule has 0 unspecified atom stereocenters. The van der Waals surface area contributed by atoms with E-state index < -0.39 is 0 Å². The number of imidazole rings is 1. The summed E-state index contributed by atoms with van der Waals surface area (Å²) in [6.45, 7) is 0. The number of hydrogen-bond donors (Lipinski definition) is 1. The fraction of sp³-hybridized carbons (Fsp3) is 0. The number of carbonyl (C=O) groups excluding carboxylic acids is 1. The minimum Gasteiger partial charge on any atom is -0.322 e. The number of carbonyl (C=O) groups is 1.